The van der Waals surface area contributed by atoms with Gasteiger partial charge in [0.05, 0.1) is 4.92 Å². The summed E-state index contributed by atoms with van der Waals surface area (Å²) < 4.78 is 0. The molecule has 0 aliphatic carbocycles. The minimum absolute atomic E-state index is 0.0195. The number of nitrogens with zero attached hydrogens (tertiary/aromatic N) is 2. The summed E-state index contributed by atoms with van der Waals surface area (Å²) >= 11 is 5.77. The minimum atomic E-state index is -0.419. The topological polar surface area (TPSA) is 58.4 Å². The van der Waals surface area contributed by atoms with Crippen molar-refractivity contribution in [3.05, 3.63) is 33.3 Å². The van der Waals surface area contributed by atoms with E-state index in [2.05, 4.69) is 24.1 Å². The van der Waals surface area contributed by atoms with Gasteiger partial charge in [0.1, 0.15) is 5.69 Å². The number of rotatable bonds is 8. The van der Waals surface area contributed by atoms with Crippen LogP contribution in [0.25, 0.3) is 0 Å². The van der Waals surface area contributed by atoms with Gasteiger partial charge in [-0.3, -0.25) is 10.1 Å². The van der Waals surface area contributed by atoms with Gasteiger partial charge in [-0.1, -0.05) is 25.4 Å². The Morgan fingerprint density at radius 3 is 2.68 bits per heavy atom. The van der Waals surface area contributed by atoms with E-state index in [9.17, 15) is 10.1 Å². The van der Waals surface area contributed by atoms with Crippen molar-refractivity contribution in [2.24, 2.45) is 0 Å². The summed E-state index contributed by atoms with van der Waals surface area (Å²) in [5.74, 6) is 0. The molecule has 0 saturated heterocycles. The summed E-state index contributed by atoms with van der Waals surface area (Å²) in [5.41, 5.74) is 0.535. The van der Waals surface area contributed by atoms with Crippen LogP contribution < -0.4 is 5.32 Å². The molecule has 0 spiro atoms. The fraction of sp³-hybridized carbons (Fsp3) is 0.538. The molecule has 0 bridgehead atoms. The van der Waals surface area contributed by atoms with E-state index >= 15 is 0 Å². The highest BCUT2D eigenvalue weighted by molar-refractivity contribution is 6.30. The van der Waals surface area contributed by atoms with Crippen molar-refractivity contribution in [1.82, 2.24) is 4.90 Å². The van der Waals surface area contributed by atoms with Gasteiger partial charge in [0.2, 0.25) is 0 Å². The van der Waals surface area contributed by atoms with E-state index < -0.39 is 4.92 Å². The standard InChI is InChI=1S/C13H20ClN3O2/c1-3-8-16(4-2)9-7-15-12-6-5-11(14)10-13(12)17(18)19/h5-6,10,15H,3-4,7-9H2,1-2H3. The molecular weight excluding hydrogens is 266 g/mol. The highest BCUT2D eigenvalue weighted by atomic mass is 35.5. The second kappa shape index (κ2) is 7.96. The molecule has 0 heterocycles. The molecule has 106 valence electrons. The number of nitro groups is 1. The molecule has 0 fully saturated rings. The molecule has 19 heavy (non-hydrogen) atoms. The largest absolute Gasteiger partial charge is 0.378 e. The van der Waals surface area contributed by atoms with Crippen LogP contribution in [0.15, 0.2) is 18.2 Å². The SMILES string of the molecule is CCCN(CC)CCNc1ccc(Cl)cc1[N+](=O)[O-]. The Kier molecular flexibility index (Phi) is 6.59. The molecule has 5 nitrogen and oxygen atoms in total. The van der Waals surface area contributed by atoms with Crippen LogP contribution in [0.2, 0.25) is 5.02 Å². The van der Waals surface area contributed by atoms with Gasteiger partial charge in [-0.2, -0.15) is 0 Å². The van der Waals surface area contributed by atoms with Crippen LogP contribution in [0.5, 0.6) is 0 Å². The Labute approximate surface area is 118 Å². The van der Waals surface area contributed by atoms with Crippen LogP contribution in [0, 0.1) is 10.1 Å². The molecule has 0 unspecified atom stereocenters. The second-order valence-electron chi connectivity index (χ2n) is 4.28. The summed E-state index contributed by atoms with van der Waals surface area (Å²) in [5, 5.41) is 14.4. The molecule has 0 aliphatic rings. The average Bonchev–Trinajstić information content (AvgIpc) is 2.39. The number of hydrogen-bond acceptors (Lipinski definition) is 4. The van der Waals surface area contributed by atoms with E-state index in [0.717, 1.165) is 26.1 Å². The lowest BCUT2D eigenvalue weighted by atomic mass is 10.2. The van der Waals surface area contributed by atoms with Gasteiger partial charge in [0.25, 0.3) is 5.69 Å². The van der Waals surface area contributed by atoms with Crippen molar-refractivity contribution >= 4 is 23.0 Å². The number of halogens is 1. The van der Waals surface area contributed by atoms with Crippen LogP contribution in [-0.2, 0) is 0 Å². The molecule has 0 aromatic heterocycles. The first-order chi connectivity index (χ1) is 9.08. The lowest BCUT2D eigenvalue weighted by Crippen LogP contribution is -2.29. The maximum atomic E-state index is 10.9. The molecule has 0 atom stereocenters. The highest BCUT2D eigenvalue weighted by Gasteiger charge is 2.13. The van der Waals surface area contributed by atoms with Crippen molar-refractivity contribution in [1.29, 1.82) is 0 Å². The lowest BCUT2D eigenvalue weighted by Gasteiger charge is -2.19. The fourth-order valence-corrected chi connectivity index (χ4v) is 2.06. The molecular formula is C13H20ClN3O2. The van der Waals surface area contributed by atoms with Crippen LogP contribution in [-0.4, -0.2) is 36.0 Å². The zero-order chi connectivity index (χ0) is 14.3. The maximum Gasteiger partial charge on any atom is 0.293 e. The first-order valence-corrected chi connectivity index (χ1v) is 6.86. The van der Waals surface area contributed by atoms with Gasteiger partial charge in [-0.25, -0.2) is 0 Å². The lowest BCUT2D eigenvalue weighted by molar-refractivity contribution is -0.383. The molecule has 0 saturated carbocycles. The number of benzene rings is 1. The van der Waals surface area contributed by atoms with E-state index in [4.69, 9.17) is 11.6 Å². The smallest absolute Gasteiger partial charge is 0.293 e. The normalized spacial score (nSPS) is 10.7. The van der Waals surface area contributed by atoms with Crippen LogP contribution >= 0.6 is 11.6 Å². The summed E-state index contributed by atoms with van der Waals surface area (Å²) in [6, 6.07) is 4.67. The van der Waals surface area contributed by atoms with E-state index in [1.807, 2.05) is 0 Å². The number of nitro benzene ring substituents is 1. The summed E-state index contributed by atoms with van der Waals surface area (Å²) in [6.07, 6.45) is 1.11. The van der Waals surface area contributed by atoms with E-state index in [0.29, 0.717) is 17.3 Å². The highest BCUT2D eigenvalue weighted by Crippen LogP contribution is 2.27. The monoisotopic (exact) mass is 285 g/mol. The maximum absolute atomic E-state index is 10.9. The van der Waals surface area contributed by atoms with Crippen molar-refractivity contribution in [2.45, 2.75) is 20.3 Å². The predicted octanol–water partition coefficient (Wildman–Crippen LogP) is 3.39. The van der Waals surface area contributed by atoms with E-state index in [1.54, 1.807) is 12.1 Å². The Hall–Kier alpha value is -1.33. The summed E-state index contributed by atoms with van der Waals surface area (Å²) in [7, 11) is 0. The first-order valence-electron chi connectivity index (χ1n) is 6.48. The average molecular weight is 286 g/mol. The van der Waals surface area contributed by atoms with Gasteiger partial charge < -0.3 is 10.2 Å². The quantitative estimate of drug-likeness (QED) is 0.587. The van der Waals surface area contributed by atoms with Gasteiger partial charge in [-0.15, -0.1) is 0 Å². The molecule has 0 amide bonds. The van der Waals surface area contributed by atoms with Crippen molar-refractivity contribution in [3.8, 4) is 0 Å². The predicted molar refractivity (Wildman–Crippen MR) is 79.0 cm³/mol. The number of anilines is 1. The second-order valence-corrected chi connectivity index (χ2v) is 4.72. The van der Waals surface area contributed by atoms with Crippen molar-refractivity contribution in [3.63, 3.8) is 0 Å². The van der Waals surface area contributed by atoms with Crippen LogP contribution in [0.1, 0.15) is 20.3 Å². The van der Waals surface area contributed by atoms with Gasteiger partial charge in [0.15, 0.2) is 0 Å². The van der Waals surface area contributed by atoms with Crippen LogP contribution in [0.4, 0.5) is 11.4 Å². The zero-order valence-electron chi connectivity index (χ0n) is 11.4. The van der Waals surface area contributed by atoms with Gasteiger partial charge in [-0.05, 0) is 31.6 Å². The third-order valence-corrected chi connectivity index (χ3v) is 3.12. The molecule has 1 aromatic carbocycles. The van der Waals surface area contributed by atoms with E-state index in [-0.39, 0.29) is 5.69 Å². The number of hydrogen-bond donors (Lipinski definition) is 1. The minimum Gasteiger partial charge on any atom is -0.378 e. The van der Waals surface area contributed by atoms with Crippen LogP contribution in [0.3, 0.4) is 0 Å². The third kappa shape index (κ3) is 5.04. The Balaban J connectivity index is 2.60. The van der Waals surface area contributed by atoms with Crippen molar-refractivity contribution in [2.75, 3.05) is 31.5 Å². The zero-order valence-corrected chi connectivity index (χ0v) is 12.1. The van der Waals surface area contributed by atoms with Gasteiger partial charge in [0, 0.05) is 24.2 Å². The van der Waals surface area contributed by atoms with Crippen molar-refractivity contribution < 1.29 is 4.92 Å². The molecule has 0 radical (unpaired) electrons. The summed E-state index contributed by atoms with van der Waals surface area (Å²) in [6.45, 7) is 7.82. The number of nitrogens with one attached hydrogen (secondary N) is 1. The molecule has 1 aromatic rings. The summed E-state index contributed by atoms with van der Waals surface area (Å²) in [4.78, 5) is 12.8. The molecule has 0 aliphatic heterocycles. The Morgan fingerprint density at radius 1 is 1.37 bits per heavy atom. The fourth-order valence-electron chi connectivity index (χ4n) is 1.90. The Morgan fingerprint density at radius 2 is 2.11 bits per heavy atom. The molecule has 1 rings (SSSR count). The first kappa shape index (κ1) is 15.7. The molecule has 1 N–H and O–H groups in total. The number of likely N-dealkylation sites (N-methyl/N-ethyl adjacent to an activating group) is 1. The van der Waals surface area contributed by atoms with E-state index in [1.165, 1.54) is 6.07 Å². The molecule has 6 heteroatoms. The van der Waals surface area contributed by atoms with Gasteiger partial charge >= 0.3 is 0 Å². The third-order valence-electron chi connectivity index (χ3n) is 2.89. The Bertz CT molecular complexity index is 426.